The second kappa shape index (κ2) is 5.89. The molecule has 100 valence electrons. The maximum atomic E-state index is 13.9. The van der Waals surface area contributed by atoms with Crippen LogP contribution in [0.2, 0.25) is 5.02 Å². The van der Waals surface area contributed by atoms with Crippen molar-refractivity contribution in [3.63, 3.8) is 0 Å². The second-order valence-corrected chi connectivity index (χ2v) is 4.32. The van der Waals surface area contributed by atoms with E-state index in [1.54, 1.807) is 24.3 Å². The average Bonchev–Trinajstić information content (AvgIpc) is 2.41. The topological polar surface area (TPSA) is 21.3 Å². The molecule has 19 heavy (non-hydrogen) atoms. The SMILES string of the molecule is COc1cccc(CNc2ccc(Cl)c(F)c2)c1F. The highest BCUT2D eigenvalue weighted by Gasteiger charge is 2.08. The third-order valence-electron chi connectivity index (χ3n) is 2.67. The first-order valence-corrected chi connectivity index (χ1v) is 6.00. The van der Waals surface area contributed by atoms with E-state index in [1.807, 2.05) is 0 Å². The minimum absolute atomic E-state index is 0.0538. The number of anilines is 1. The zero-order chi connectivity index (χ0) is 13.8. The molecular weight excluding hydrogens is 272 g/mol. The van der Waals surface area contributed by atoms with Crippen molar-refractivity contribution in [2.75, 3.05) is 12.4 Å². The molecule has 0 atom stereocenters. The number of benzene rings is 2. The van der Waals surface area contributed by atoms with E-state index >= 15 is 0 Å². The van der Waals surface area contributed by atoms with Crippen molar-refractivity contribution in [3.05, 3.63) is 58.6 Å². The third kappa shape index (κ3) is 3.15. The molecule has 0 saturated carbocycles. The molecule has 0 bridgehead atoms. The highest BCUT2D eigenvalue weighted by atomic mass is 35.5. The number of nitrogens with one attached hydrogen (secondary N) is 1. The van der Waals surface area contributed by atoms with E-state index < -0.39 is 11.6 Å². The van der Waals surface area contributed by atoms with E-state index in [2.05, 4.69) is 5.32 Å². The van der Waals surface area contributed by atoms with Gasteiger partial charge in [0.15, 0.2) is 11.6 Å². The fraction of sp³-hybridized carbons (Fsp3) is 0.143. The third-order valence-corrected chi connectivity index (χ3v) is 2.97. The summed E-state index contributed by atoms with van der Waals surface area (Å²) in [7, 11) is 1.41. The van der Waals surface area contributed by atoms with E-state index in [0.717, 1.165) is 0 Å². The van der Waals surface area contributed by atoms with Crippen LogP contribution in [0.3, 0.4) is 0 Å². The summed E-state index contributed by atoms with van der Waals surface area (Å²) in [6, 6.07) is 9.21. The Morgan fingerprint density at radius 1 is 1.21 bits per heavy atom. The first-order chi connectivity index (χ1) is 9.11. The molecule has 0 radical (unpaired) electrons. The lowest BCUT2D eigenvalue weighted by Gasteiger charge is -2.10. The predicted molar refractivity (Wildman–Crippen MR) is 71.7 cm³/mol. The lowest BCUT2D eigenvalue weighted by molar-refractivity contribution is 0.384. The van der Waals surface area contributed by atoms with Gasteiger partial charge in [-0.3, -0.25) is 0 Å². The molecule has 2 nitrogen and oxygen atoms in total. The summed E-state index contributed by atoms with van der Waals surface area (Å²) in [6.07, 6.45) is 0. The van der Waals surface area contributed by atoms with E-state index in [9.17, 15) is 8.78 Å². The summed E-state index contributed by atoms with van der Waals surface area (Å²) in [5.41, 5.74) is 0.971. The monoisotopic (exact) mass is 283 g/mol. The fourth-order valence-corrected chi connectivity index (χ4v) is 1.77. The highest BCUT2D eigenvalue weighted by molar-refractivity contribution is 6.30. The molecular formula is C14H12ClF2NO. The Balaban J connectivity index is 2.12. The summed E-state index contributed by atoms with van der Waals surface area (Å²) >= 11 is 5.58. The van der Waals surface area contributed by atoms with Gasteiger partial charge in [0.2, 0.25) is 0 Å². The number of methoxy groups -OCH3 is 1. The van der Waals surface area contributed by atoms with E-state index in [-0.39, 0.29) is 17.3 Å². The molecule has 2 aromatic rings. The normalized spacial score (nSPS) is 10.3. The Morgan fingerprint density at radius 3 is 2.68 bits per heavy atom. The molecule has 0 aliphatic heterocycles. The van der Waals surface area contributed by atoms with Gasteiger partial charge in [-0.05, 0) is 24.3 Å². The van der Waals surface area contributed by atoms with Crippen LogP contribution in [0.4, 0.5) is 14.5 Å². The van der Waals surface area contributed by atoms with E-state index in [1.165, 1.54) is 19.2 Å². The first-order valence-electron chi connectivity index (χ1n) is 5.62. The summed E-state index contributed by atoms with van der Waals surface area (Å²) in [6.45, 7) is 0.226. The van der Waals surface area contributed by atoms with Crippen LogP contribution < -0.4 is 10.1 Å². The molecule has 0 amide bonds. The minimum atomic E-state index is -0.516. The van der Waals surface area contributed by atoms with Gasteiger partial charge in [0.05, 0.1) is 12.1 Å². The molecule has 5 heteroatoms. The van der Waals surface area contributed by atoms with Crippen LogP contribution in [0.5, 0.6) is 5.75 Å². The van der Waals surface area contributed by atoms with Crippen LogP contribution in [0.25, 0.3) is 0 Å². The number of hydrogen-bond donors (Lipinski definition) is 1. The Bertz CT molecular complexity index is 590. The molecule has 0 heterocycles. The second-order valence-electron chi connectivity index (χ2n) is 3.92. The molecule has 0 unspecified atom stereocenters. The Kier molecular flexibility index (Phi) is 4.22. The van der Waals surface area contributed by atoms with Crippen LogP contribution in [-0.4, -0.2) is 7.11 Å². The standard InChI is InChI=1S/C14H12ClF2NO/c1-19-13-4-2-3-9(14(13)17)8-18-10-5-6-11(15)12(16)7-10/h2-7,18H,8H2,1H3. The van der Waals surface area contributed by atoms with Crippen molar-refractivity contribution in [2.45, 2.75) is 6.54 Å². The molecule has 0 fully saturated rings. The zero-order valence-corrected chi connectivity index (χ0v) is 11.0. The van der Waals surface area contributed by atoms with Crippen molar-refractivity contribution in [3.8, 4) is 5.75 Å². The van der Waals surface area contributed by atoms with Crippen molar-refractivity contribution in [1.82, 2.24) is 0 Å². The van der Waals surface area contributed by atoms with Crippen LogP contribution in [0.15, 0.2) is 36.4 Å². The van der Waals surface area contributed by atoms with E-state index in [0.29, 0.717) is 11.3 Å². The quantitative estimate of drug-likeness (QED) is 0.906. The van der Waals surface area contributed by atoms with Crippen LogP contribution in [0.1, 0.15) is 5.56 Å². The lowest BCUT2D eigenvalue weighted by atomic mass is 10.2. The van der Waals surface area contributed by atoms with Gasteiger partial charge in [-0.2, -0.15) is 0 Å². The summed E-state index contributed by atoms with van der Waals surface area (Å²) in [4.78, 5) is 0. The Hall–Kier alpha value is -1.81. The zero-order valence-electron chi connectivity index (χ0n) is 10.2. The largest absolute Gasteiger partial charge is 0.494 e. The summed E-state index contributed by atoms with van der Waals surface area (Å²) in [5.74, 6) is -0.758. The van der Waals surface area contributed by atoms with Crippen molar-refractivity contribution < 1.29 is 13.5 Å². The lowest BCUT2D eigenvalue weighted by Crippen LogP contribution is -2.03. The van der Waals surface area contributed by atoms with Crippen molar-refractivity contribution in [2.24, 2.45) is 0 Å². The molecule has 2 aromatic carbocycles. The van der Waals surface area contributed by atoms with Crippen LogP contribution >= 0.6 is 11.6 Å². The van der Waals surface area contributed by atoms with Crippen molar-refractivity contribution >= 4 is 17.3 Å². The molecule has 0 aromatic heterocycles. The van der Waals surface area contributed by atoms with Gasteiger partial charge >= 0.3 is 0 Å². The highest BCUT2D eigenvalue weighted by Crippen LogP contribution is 2.22. The van der Waals surface area contributed by atoms with Crippen LogP contribution in [-0.2, 0) is 6.54 Å². The van der Waals surface area contributed by atoms with Gasteiger partial charge in [-0.1, -0.05) is 23.7 Å². The summed E-state index contributed by atoms with van der Waals surface area (Å²) in [5, 5.41) is 2.98. The van der Waals surface area contributed by atoms with Crippen LogP contribution in [0, 0.1) is 11.6 Å². The van der Waals surface area contributed by atoms with Gasteiger partial charge in [0.1, 0.15) is 5.82 Å². The average molecular weight is 284 g/mol. The Labute approximate surface area is 115 Å². The number of halogens is 3. The molecule has 1 N–H and O–H groups in total. The number of ether oxygens (including phenoxy) is 1. The fourth-order valence-electron chi connectivity index (χ4n) is 1.65. The van der Waals surface area contributed by atoms with Gasteiger partial charge in [-0.25, -0.2) is 8.78 Å². The Morgan fingerprint density at radius 2 is 2.00 bits per heavy atom. The smallest absolute Gasteiger partial charge is 0.170 e. The maximum Gasteiger partial charge on any atom is 0.170 e. The predicted octanol–water partition coefficient (Wildman–Crippen LogP) is 4.24. The maximum absolute atomic E-state index is 13.9. The number of rotatable bonds is 4. The summed E-state index contributed by atoms with van der Waals surface area (Å²) < 4.78 is 32.0. The molecule has 0 saturated heterocycles. The van der Waals surface area contributed by atoms with Gasteiger partial charge in [-0.15, -0.1) is 0 Å². The van der Waals surface area contributed by atoms with E-state index in [4.69, 9.17) is 16.3 Å². The molecule has 0 spiro atoms. The molecule has 2 rings (SSSR count). The first kappa shape index (κ1) is 13.6. The van der Waals surface area contributed by atoms with Gasteiger partial charge < -0.3 is 10.1 Å². The van der Waals surface area contributed by atoms with Crippen molar-refractivity contribution in [1.29, 1.82) is 0 Å². The van der Waals surface area contributed by atoms with Gasteiger partial charge in [0, 0.05) is 17.8 Å². The van der Waals surface area contributed by atoms with Gasteiger partial charge in [0.25, 0.3) is 0 Å². The molecule has 0 aliphatic carbocycles. The molecule has 0 aliphatic rings. The minimum Gasteiger partial charge on any atom is -0.494 e. The number of hydrogen-bond acceptors (Lipinski definition) is 2.